The molecule has 0 fully saturated rings. The molecule has 0 bridgehead atoms. The molecule has 3 rings (SSSR count). The van der Waals surface area contributed by atoms with Crippen LogP contribution in [0.3, 0.4) is 0 Å². The third kappa shape index (κ3) is 4.92. The third-order valence-electron chi connectivity index (χ3n) is 5.29. The first-order valence-corrected chi connectivity index (χ1v) is 10.9. The van der Waals surface area contributed by atoms with Gasteiger partial charge in [0, 0.05) is 19.0 Å². The summed E-state index contributed by atoms with van der Waals surface area (Å²) in [5, 5.41) is 0. The van der Waals surface area contributed by atoms with Crippen LogP contribution in [0.5, 0.6) is 5.75 Å². The highest BCUT2D eigenvalue weighted by molar-refractivity contribution is 5.71. The number of carbonyl (C=O) groups is 1. The molecule has 3 aromatic rings. The Bertz CT molecular complexity index is 1190. The lowest BCUT2D eigenvalue weighted by atomic mass is 10.0. The Morgan fingerprint density at radius 3 is 2.38 bits per heavy atom. The van der Waals surface area contributed by atoms with Gasteiger partial charge in [-0.2, -0.15) is 0 Å². The normalized spacial score (nSPS) is 12.1. The van der Waals surface area contributed by atoms with Gasteiger partial charge in [0.15, 0.2) is 12.3 Å². The molecule has 0 saturated carbocycles. The molecule has 2 aromatic heterocycles. The maximum atomic E-state index is 12.9. The molecule has 1 atom stereocenters. The number of aromatic nitrogens is 4. The quantitative estimate of drug-likeness (QED) is 0.484. The predicted octanol–water partition coefficient (Wildman–Crippen LogP) is 2.60. The van der Waals surface area contributed by atoms with Crippen molar-refractivity contribution in [2.45, 2.75) is 59.0 Å². The van der Waals surface area contributed by atoms with Gasteiger partial charge in [-0.3, -0.25) is 13.9 Å². The number of imidazole rings is 1. The summed E-state index contributed by atoms with van der Waals surface area (Å²) in [4.78, 5) is 44.7. The number of aryl methyl sites for hydroxylation is 1. The van der Waals surface area contributed by atoms with Gasteiger partial charge in [-0.05, 0) is 37.0 Å². The van der Waals surface area contributed by atoms with Crippen molar-refractivity contribution in [3.05, 3.63) is 56.5 Å². The van der Waals surface area contributed by atoms with Gasteiger partial charge in [0.2, 0.25) is 0 Å². The van der Waals surface area contributed by atoms with Crippen LogP contribution in [0.1, 0.15) is 50.9 Å². The van der Waals surface area contributed by atoms with Crippen molar-refractivity contribution in [2.75, 3.05) is 13.7 Å². The zero-order valence-electron chi connectivity index (χ0n) is 19.0. The molecule has 1 N–H and O–H groups in total. The van der Waals surface area contributed by atoms with Crippen LogP contribution in [0.2, 0.25) is 0 Å². The molecular weight excluding hydrogens is 412 g/mol. The lowest BCUT2D eigenvalue weighted by Gasteiger charge is -2.10. The number of nitrogens with one attached hydrogen (secondary N) is 1. The first kappa shape index (κ1) is 23.3. The van der Waals surface area contributed by atoms with Gasteiger partial charge >= 0.3 is 11.7 Å². The number of benzene rings is 1. The molecule has 0 spiro atoms. The molecule has 32 heavy (non-hydrogen) atoms. The molecule has 172 valence electrons. The van der Waals surface area contributed by atoms with Crippen molar-refractivity contribution >= 4 is 17.1 Å². The van der Waals surface area contributed by atoms with Gasteiger partial charge < -0.3 is 14.5 Å². The van der Waals surface area contributed by atoms with Crippen molar-refractivity contribution < 1.29 is 14.3 Å². The number of hydrogen-bond donors (Lipinski definition) is 1. The van der Waals surface area contributed by atoms with E-state index < -0.39 is 5.97 Å². The lowest BCUT2D eigenvalue weighted by molar-refractivity contribution is -0.142. The largest absolute Gasteiger partial charge is 0.482 e. The monoisotopic (exact) mass is 442 g/mol. The lowest BCUT2D eigenvalue weighted by Crippen LogP contribution is -2.40. The summed E-state index contributed by atoms with van der Waals surface area (Å²) < 4.78 is 12.8. The minimum absolute atomic E-state index is 0.00607. The minimum Gasteiger partial charge on any atom is -0.482 e. The fraction of sp³-hybridized carbons (Fsp3) is 0.478. The van der Waals surface area contributed by atoms with Crippen molar-refractivity contribution in [3.8, 4) is 5.75 Å². The maximum Gasteiger partial charge on any atom is 0.343 e. The molecule has 0 saturated heterocycles. The van der Waals surface area contributed by atoms with E-state index in [1.807, 2.05) is 32.9 Å². The minimum atomic E-state index is -0.438. The topological polar surface area (TPSA) is 108 Å². The van der Waals surface area contributed by atoms with Crippen LogP contribution in [0.25, 0.3) is 11.2 Å². The van der Waals surface area contributed by atoms with Crippen LogP contribution >= 0.6 is 0 Å². The van der Waals surface area contributed by atoms with E-state index in [0.717, 1.165) is 12.0 Å². The van der Waals surface area contributed by atoms with Crippen LogP contribution in [-0.4, -0.2) is 38.8 Å². The Kier molecular flexibility index (Phi) is 7.50. The van der Waals surface area contributed by atoms with E-state index in [9.17, 15) is 14.4 Å². The molecule has 1 unspecified atom stereocenters. The zero-order chi connectivity index (χ0) is 23.3. The summed E-state index contributed by atoms with van der Waals surface area (Å²) in [7, 11) is 1.31. The van der Waals surface area contributed by atoms with Crippen molar-refractivity contribution in [1.82, 2.24) is 19.1 Å². The fourth-order valence-electron chi connectivity index (χ4n) is 3.64. The smallest absolute Gasteiger partial charge is 0.343 e. The number of fused-ring (bicyclic) bond motifs is 1. The molecule has 9 nitrogen and oxygen atoms in total. The number of ether oxygens (including phenoxy) is 2. The van der Waals surface area contributed by atoms with E-state index in [1.54, 1.807) is 16.7 Å². The zero-order valence-corrected chi connectivity index (χ0v) is 19.0. The van der Waals surface area contributed by atoms with Gasteiger partial charge in [-0.25, -0.2) is 14.6 Å². The molecule has 0 aliphatic heterocycles. The van der Waals surface area contributed by atoms with E-state index in [-0.39, 0.29) is 23.8 Å². The molecule has 0 amide bonds. The van der Waals surface area contributed by atoms with Crippen LogP contribution in [0.15, 0.2) is 33.9 Å². The highest BCUT2D eigenvalue weighted by Crippen LogP contribution is 2.21. The number of esters is 1. The maximum absolute atomic E-state index is 12.9. The number of rotatable bonds is 10. The first-order chi connectivity index (χ1) is 15.4. The van der Waals surface area contributed by atoms with Crippen molar-refractivity contribution in [3.63, 3.8) is 0 Å². The Balaban J connectivity index is 1.85. The highest BCUT2D eigenvalue weighted by Gasteiger charge is 2.19. The summed E-state index contributed by atoms with van der Waals surface area (Å²) >= 11 is 0. The third-order valence-corrected chi connectivity index (χ3v) is 5.29. The number of nitrogens with zero attached hydrogens (tertiary/aromatic N) is 3. The number of H-pyrrole nitrogens is 1. The van der Waals surface area contributed by atoms with Gasteiger partial charge in [-0.15, -0.1) is 0 Å². The Labute approximate surface area is 186 Å². The average Bonchev–Trinajstić information content (AvgIpc) is 3.24. The summed E-state index contributed by atoms with van der Waals surface area (Å²) in [6.07, 6.45) is 2.14. The first-order valence-electron chi connectivity index (χ1n) is 10.9. The number of methoxy groups -OCH3 is 1. The standard InChI is InChI=1S/C23H30N4O5/c1-5-11-26-21-19(22(29)27(12-6-2)23(26)30)24-20(25-21)15(3)13-16-7-9-17(10-8-16)32-14-18(28)31-4/h7-10,15H,5-6,11-14H2,1-4H3,(H,24,25). The van der Waals surface area contributed by atoms with Crippen LogP contribution in [0.4, 0.5) is 0 Å². The number of aromatic amines is 1. The molecule has 9 heteroatoms. The van der Waals surface area contributed by atoms with Gasteiger partial charge in [0.05, 0.1) is 7.11 Å². The second-order valence-electron chi connectivity index (χ2n) is 7.83. The predicted molar refractivity (Wildman–Crippen MR) is 121 cm³/mol. The van der Waals surface area contributed by atoms with E-state index >= 15 is 0 Å². The van der Waals surface area contributed by atoms with Gasteiger partial charge in [0.25, 0.3) is 5.56 Å². The van der Waals surface area contributed by atoms with E-state index in [4.69, 9.17) is 4.74 Å². The van der Waals surface area contributed by atoms with E-state index in [1.165, 1.54) is 11.7 Å². The Morgan fingerprint density at radius 2 is 1.75 bits per heavy atom. The molecular formula is C23H30N4O5. The van der Waals surface area contributed by atoms with Crippen LogP contribution in [0, 0.1) is 0 Å². The van der Waals surface area contributed by atoms with Crippen molar-refractivity contribution in [1.29, 1.82) is 0 Å². The van der Waals surface area contributed by atoms with E-state index in [2.05, 4.69) is 14.7 Å². The summed E-state index contributed by atoms with van der Waals surface area (Å²) in [5.41, 5.74) is 1.22. The van der Waals surface area contributed by atoms with Gasteiger partial charge in [-0.1, -0.05) is 32.9 Å². The molecule has 2 heterocycles. The Morgan fingerprint density at radius 1 is 1.09 bits per heavy atom. The van der Waals surface area contributed by atoms with Crippen molar-refractivity contribution in [2.24, 2.45) is 0 Å². The number of carbonyl (C=O) groups excluding carboxylic acids is 1. The van der Waals surface area contributed by atoms with E-state index in [0.29, 0.717) is 48.7 Å². The van der Waals surface area contributed by atoms with Crippen LogP contribution < -0.4 is 16.0 Å². The second kappa shape index (κ2) is 10.3. The van der Waals surface area contributed by atoms with Gasteiger partial charge in [0.1, 0.15) is 17.1 Å². The second-order valence-corrected chi connectivity index (χ2v) is 7.83. The summed E-state index contributed by atoms with van der Waals surface area (Å²) in [6.45, 7) is 6.69. The summed E-state index contributed by atoms with van der Waals surface area (Å²) in [6, 6.07) is 7.44. The molecule has 0 aliphatic rings. The fourth-order valence-corrected chi connectivity index (χ4v) is 3.64. The van der Waals surface area contributed by atoms with Crippen LogP contribution in [-0.2, 0) is 29.0 Å². The SMILES string of the molecule is CCCn1c(=O)c2[nH]c(C(C)Cc3ccc(OCC(=O)OC)cc3)nc2n(CCC)c1=O. The molecule has 1 aromatic carbocycles. The molecule has 0 radical (unpaired) electrons. The summed E-state index contributed by atoms with van der Waals surface area (Å²) in [5.74, 6) is 0.804. The average molecular weight is 443 g/mol. The molecule has 0 aliphatic carbocycles. The highest BCUT2D eigenvalue weighted by atomic mass is 16.6. The Hall–Kier alpha value is -3.36. The number of hydrogen-bond acceptors (Lipinski definition) is 6.